The fourth-order valence-corrected chi connectivity index (χ4v) is 2.81. The molecule has 0 bridgehead atoms. The zero-order valence-corrected chi connectivity index (χ0v) is 13.4. The molecule has 1 atom stereocenters. The molecule has 20 heavy (non-hydrogen) atoms. The van der Waals surface area contributed by atoms with Gasteiger partial charge in [-0.25, -0.2) is 4.79 Å². The van der Waals surface area contributed by atoms with E-state index in [1.54, 1.807) is 13.2 Å². The molecule has 0 saturated heterocycles. The van der Waals surface area contributed by atoms with Gasteiger partial charge in [0.05, 0.1) is 3.79 Å². The minimum absolute atomic E-state index is 0.341. The number of amides is 1. The molecule has 0 aliphatic heterocycles. The number of carboxylic acid groups (broad SMARTS) is 1. The maximum Gasteiger partial charge on any atom is 0.326 e. The largest absolute Gasteiger partial charge is 0.480 e. The molecular weight excluding hydrogens is 346 g/mol. The van der Waals surface area contributed by atoms with Crippen LogP contribution in [-0.2, 0) is 14.3 Å². The van der Waals surface area contributed by atoms with Crippen LogP contribution in [0.2, 0.25) is 0 Å². The van der Waals surface area contributed by atoms with Crippen molar-refractivity contribution in [2.24, 2.45) is 0 Å². The Kier molecular flexibility index (Phi) is 7.50. The fraction of sp³-hybridized carbons (Fsp3) is 0.385. The van der Waals surface area contributed by atoms with E-state index in [1.807, 2.05) is 12.1 Å². The highest BCUT2D eigenvalue weighted by Gasteiger charge is 2.18. The van der Waals surface area contributed by atoms with Crippen LogP contribution in [0.15, 0.2) is 22.0 Å². The zero-order chi connectivity index (χ0) is 15.0. The molecule has 0 saturated carbocycles. The first-order chi connectivity index (χ1) is 9.52. The Bertz CT molecular complexity index is 486. The summed E-state index contributed by atoms with van der Waals surface area (Å²) < 4.78 is 5.83. The Labute approximate surface area is 129 Å². The number of nitrogens with one attached hydrogen (secondary N) is 1. The highest BCUT2D eigenvalue weighted by Crippen LogP contribution is 2.22. The third-order valence-electron chi connectivity index (χ3n) is 2.45. The van der Waals surface area contributed by atoms with Crippen molar-refractivity contribution in [1.29, 1.82) is 0 Å². The van der Waals surface area contributed by atoms with E-state index in [0.29, 0.717) is 19.4 Å². The van der Waals surface area contributed by atoms with Crippen LogP contribution >= 0.6 is 27.3 Å². The van der Waals surface area contributed by atoms with Gasteiger partial charge in [-0.15, -0.1) is 11.3 Å². The maximum atomic E-state index is 11.7. The van der Waals surface area contributed by atoms with Gasteiger partial charge in [0.25, 0.3) is 0 Å². The molecule has 1 aromatic rings. The second-order valence-electron chi connectivity index (χ2n) is 4.01. The molecule has 1 unspecified atom stereocenters. The Morgan fingerprint density at radius 3 is 2.85 bits per heavy atom. The van der Waals surface area contributed by atoms with Gasteiger partial charge >= 0.3 is 5.97 Å². The van der Waals surface area contributed by atoms with Gasteiger partial charge in [-0.1, -0.05) is 0 Å². The third kappa shape index (κ3) is 6.31. The second kappa shape index (κ2) is 8.89. The molecular formula is C13H16BrNO4S. The monoisotopic (exact) mass is 361 g/mol. The van der Waals surface area contributed by atoms with Crippen LogP contribution in [0.4, 0.5) is 0 Å². The van der Waals surface area contributed by atoms with E-state index in [2.05, 4.69) is 21.2 Å². The quantitative estimate of drug-likeness (QED) is 0.551. The molecule has 0 fully saturated rings. The number of hydrogen-bond acceptors (Lipinski definition) is 4. The van der Waals surface area contributed by atoms with Gasteiger partial charge in [-0.3, -0.25) is 4.79 Å². The van der Waals surface area contributed by atoms with Crippen molar-refractivity contribution in [3.8, 4) is 0 Å². The van der Waals surface area contributed by atoms with Gasteiger partial charge in [0.2, 0.25) is 5.91 Å². The summed E-state index contributed by atoms with van der Waals surface area (Å²) in [7, 11) is 1.55. The van der Waals surface area contributed by atoms with E-state index in [1.165, 1.54) is 17.4 Å². The molecule has 0 aliphatic rings. The first kappa shape index (κ1) is 16.9. The fourth-order valence-electron chi connectivity index (χ4n) is 1.48. The van der Waals surface area contributed by atoms with Gasteiger partial charge in [0, 0.05) is 24.7 Å². The van der Waals surface area contributed by atoms with Crippen molar-refractivity contribution in [3.05, 3.63) is 26.9 Å². The molecule has 0 radical (unpaired) electrons. The average Bonchev–Trinajstić information content (AvgIpc) is 2.81. The molecule has 0 aliphatic carbocycles. The van der Waals surface area contributed by atoms with E-state index in [9.17, 15) is 9.59 Å². The lowest BCUT2D eigenvalue weighted by Gasteiger charge is -2.12. The summed E-state index contributed by atoms with van der Waals surface area (Å²) in [6.45, 7) is 0.471. The first-order valence-corrected chi connectivity index (χ1v) is 7.59. The Balaban J connectivity index is 2.49. The molecule has 5 nitrogen and oxygen atoms in total. The van der Waals surface area contributed by atoms with Crippen molar-refractivity contribution >= 4 is 45.2 Å². The number of halogens is 1. The van der Waals surface area contributed by atoms with Gasteiger partial charge < -0.3 is 15.2 Å². The molecule has 110 valence electrons. The number of carbonyl (C=O) groups is 2. The lowest BCUT2D eigenvalue weighted by atomic mass is 10.1. The average molecular weight is 362 g/mol. The van der Waals surface area contributed by atoms with Crippen LogP contribution in [0.25, 0.3) is 6.08 Å². The molecule has 1 aromatic heterocycles. The van der Waals surface area contributed by atoms with Crippen LogP contribution in [0.1, 0.15) is 17.7 Å². The molecule has 1 rings (SSSR count). The molecule has 0 spiro atoms. The zero-order valence-electron chi connectivity index (χ0n) is 11.0. The number of ether oxygens (including phenoxy) is 1. The normalized spacial score (nSPS) is 12.5. The standard InChI is InChI=1S/C13H16BrNO4S/c1-19-8-2-3-10(13(17)18)15-12(16)7-5-9-4-6-11(14)20-9/h4-7,10H,2-3,8H2,1H3,(H,15,16)(H,17,18)/b7-5+. The highest BCUT2D eigenvalue weighted by molar-refractivity contribution is 9.11. The Morgan fingerprint density at radius 2 is 2.30 bits per heavy atom. The summed E-state index contributed by atoms with van der Waals surface area (Å²) in [6.07, 6.45) is 3.91. The topological polar surface area (TPSA) is 75.6 Å². The van der Waals surface area contributed by atoms with Crippen molar-refractivity contribution in [2.75, 3.05) is 13.7 Å². The van der Waals surface area contributed by atoms with Crippen molar-refractivity contribution in [1.82, 2.24) is 5.32 Å². The summed E-state index contributed by atoms with van der Waals surface area (Å²) in [5, 5.41) is 11.5. The number of methoxy groups -OCH3 is 1. The SMILES string of the molecule is COCCCC(NC(=O)/C=C/c1ccc(Br)s1)C(=O)O. The summed E-state index contributed by atoms with van der Waals surface area (Å²) in [4.78, 5) is 23.6. The number of hydrogen-bond donors (Lipinski definition) is 2. The highest BCUT2D eigenvalue weighted by atomic mass is 79.9. The van der Waals surface area contributed by atoms with Crippen molar-refractivity contribution < 1.29 is 19.4 Å². The van der Waals surface area contributed by atoms with Gasteiger partial charge in [0.15, 0.2) is 0 Å². The lowest BCUT2D eigenvalue weighted by Crippen LogP contribution is -2.40. The molecule has 0 aromatic carbocycles. The van der Waals surface area contributed by atoms with Crippen LogP contribution in [0, 0.1) is 0 Å². The van der Waals surface area contributed by atoms with E-state index in [4.69, 9.17) is 9.84 Å². The van der Waals surface area contributed by atoms with Gasteiger partial charge in [-0.2, -0.15) is 0 Å². The molecule has 7 heteroatoms. The smallest absolute Gasteiger partial charge is 0.326 e. The minimum atomic E-state index is -1.04. The van der Waals surface area contributed by atoms with E-state index in [-0.39, 0.29) is 0 Å². The summed E-state index contributed by atoms with van der Waals surface area (Å²) in [5.74, 6) is -1.46. The van der Waals surface area contributed by atoms with E-state index in [0.717, 1.165) is 8.66 Å². The van der Waals surface area contributed by atoms with Crippen LogP contribution in [-0.4, -0.2) is 36.7 Å². The van der Waals surface area contributed by atoms with Crippen molar-refractivity contribution in [2.45, 2.75) is 18.9 Å². The van der Waals surface area contributed by atoms with Crippen LogP contribution in [0.3, 0.4) is 0 Å². The van der Waals surface area contributed by atoms with E-state index >= 15 is 0 Å². The summed E-state index contributed by atoms with van der Waals surface area (Å²) in [5.41, 5.74) is 0. The van der Waals surface area contributed by atoms with Gasteiger partial charge in [0.1, 0.15) is 6.04 Å². The molecule has 1 amide bonds. The second-order valence-corrected chi connectivity index (χ2v) is 6.50. The van der Waals surface area contributed by atoms with E-state index < -0.39 is 17.9 Å². The number of thiophene rings is 1. The minimum Gasteiger partial charge on any atom is -0.480 e. The maximum absolute atomic E-state index is 11.7. The lowest BCUT2D eigenvalue weighted by molar-refractivity contribution is -0.141. The first-order valence-electron chi connectivity index (χ1n) is 5.98. The predicted octanol–water partition coefficient (Wildman–Crippen LogP) is 2.52. The van der Waals surface area contributed by atoms with Crippen molar-refractivity contribution in [3.63, 3.8) is 0 Å². The van der Waals surface area contributed by atoms with Gasteiger partial charge in [-0.05, 0) is 47.0 Å². The number of carbonyl (C=O) groups excluding carboxylic acids is 1. The predicted molar refractivity (Wildman–Crippen MR) is 81.7 cm³/mol. The third-order valence-corrected chi connectivity index (χ3v) is 4.04. The number of aliphatic carboxylic acids is 1. The van der Waals surface area contributed by atoms with Crippen LogP contribution < -0.4 is 5.32 Å². The summed E-state index contributed by atoms with van der Waals surface area (Å²) in [6, 6.07) is 2.86. The number of carboxylic acids is 1. The number of rotatable bonds is 8. The molecule has 1 heterocycles. The van der Waals surface area contributed by atoms with Crippen LogP contribution in [0.5, 0.6) is 0 Å². The molecule has 2 N–H and O–H groups in total. The summed E-state index contributed by atoms with van der Waals surface area (Å²) >= 11 is 4.82. The Morgan fingerprint density at radius 1 is 1.55 bits per heavy atom. The Hall–Kier alpha value is -1.18.